The van der Waals surface area contributed by atoms with E-state index in [-0.39, 0.29) is 35.5 Å². The van der Waals surface area contributed by atoms with E-state index in [1.165, 1.54) is 0 Å². The van der Waals surface area contributed by atoms with Gasteiger partial charge in [0.2, 0.25) is 5.91 Å². The van der Waals surface area contributed by atoms with Crippen LogP contribution < -0.4 is 10.6 Å². The quantitative estimate of drug-likeness (QED) is 0.667. The zero-order valence-electron chi connectivity index (χ0n) is 10.6. The van der Waals surface area contributed by atoms with Crippen LogP contribution in [0.5, 0.6) is 0 Å². The number of ether oxygens (including phenoxy) is 1. The molecule has 2 aliphatic rings. The summed E-state index contributed by atoms with van der Waals surface area (Å²) in [6, 6.07) is 0. The van der Waals surface area contributed by atoms with Gasteiger partial charge in [-0.1, -0.05) is 0 Å². The molecule has 0 aromatic heterocycles. The molecule has 0 spiro atoms. The summed E-state index contributed by atoms with van der Waals surface area (Å²) in [7, 11) is -2.86. The first-order valence-electron chi connectivity index (χ1n) is 6.20. The van der Waals surface area contributed by atoms with E-state index in [0.717, 1.165) is 13.1 Å². The molecule has 1 amide bonds. The van der Waals surface area contributed by atoms with Gasteiger partial charge in [-0.2, -0.15) is 0 Å². The van der Waals surface area contributed by atoms with Gasteiger partial charge in [-0.3, -0.25) is 4.79 Å². The lowest BCUT2D eigenvalue weighted by Crippen LogP contribution is -2.59. The molecule has 1 atom stereocenters. The number of amides is 1. The van der Waals surface area contributed by atoms with Gasteiger partial charge in [-0.25, -0.2) is 8.42 Å². The fourth-order valence-electron chi connectivity index (χ4n) is 2.16. The minimum absolute atomic E-state index is 0.0393. The molecule has 2 saturated heterocycles. The Morgan fingerprint density at radius 2 is 2.22 bits per heavy atom. The van der Waals surface area contributed by atoms with Crippen molar-refractivity contribution in [1.82, 2.24) is 10.6 Å². The monoisotopic (exact) mass is 276 g/mol. The highest BCUT2D eigenvalue weighted by molar-refractivity contribution is 7.91. The minimum atomic E-state index is -2.86. The Morgan fingerprint density at radius 1 is 1.50 bits per heavy atom. The molecule has 2 N–H and O–H groups in total. The SMILES string of the molecule is CC1(OCC(=O)NCC2CCS(=O)(=O)C2)CNC1. The summed E-state index contributed by atoms with van der Waals surface area (Å²) >= 11 is 0. The summed E-state index contributed by atoms with van der Waals surface area (Å²) in [4.78, 5) is 11.5. The zero-order valence-corrected chi connectivity index (χ0v) is 11.4. The molecule has 2 heterocycles. The van der Waals surface area contributed by atoms with Crippen molar-refractivity contribution in [2.45, 2.75) is 18.9 Å². The Balaban J connectivity index is 1.63. The van der Waals surface area contributed by atoms with Crippen LogP contribution in [0.4, 0.5) is 0 Å². The zero-order chi connectivity index (χ0) is 13.2. The molecule has 104 valence electrons. The van der Waals surface area contributed by atoms with Gasteiger partial charge in [0.1, 0.15) is 6.61 Å². The molecule has 2 fully saturated rings. The molecule has 0 saturated carbocycles. The fraction of sp³-hybridized carbons (Fsp3) is 0.909. The van der Waals surface area contributed by atoms with Crippen molar-refractivity contribution in [2.75, 3.05) is 37.7 Å². The van der Waals surface area contributed by atoms with Crippen molar-refractivity contribution in [2.24, 2.45) is 5.92 Å². The molecular formula is C11H20N2O4S. The van der Waals surface area contributed by atoms with Crippen LogP contribution in [0.1, 0.15) is 13.3 Å². The standard InChI is InChI=1S/C11H20N2O4S/c1-11(7-12-8-11)17-5-10(14)13-4-9-2-3-18(15,16)6-9/h9,12H,2-8H2,1H3,(H,13,14). The van der Waals surface area contributed by atoms with Crippen LogP contribution in [-0.4, -0.2) is 57.7 Å². The van der Waals surface area contributed by atoms with Gasteiger partial charge in [-0.05, 0) is 19.3 Å². The number of nitrogens with one attached hydrogen (secondary N) is 2. The van der Waals surface area contributed by atoms with E-state index in [4.69, 9.17) is 4.74 Å². The maximum Gasteiger partial charge on any atom is 0.246 e. The molecule has 0 radical (unpaired) electrons. The number of sulfone groups is 1. The Morgan fingerprint density at radius 3 is 2.72 bits per heavy atom. The van der Waals surface area contributed by atoms with Crippen LogP contribution in [0.2, 0.25) is 0 Å². The average molecular weight is 276 g/mol. The molecule has 1 unspecified atom stereocenters. The minimum Gasteiger partial charge on any atom is -0.363 e. The summed E-state index contributed by atoms with van der Waals surface area (Å²) in [5.41, 5.74) is -0.228. The summed E-state index contributed by atoms with van der Waals surface area (Å²) in [5, 5.41) is 5.82. The molecule has 0 bridgehead atoms. The van der Waals surface area contributed by atoms with E-state index in [1.807, 2.05) is 6.92 Å². The van der Waals surface area contributed by atoms with Crippen molar-refractivity contribution in [3.8, 4) is 0 Å². The predicted octanol–water partition coefficient (Wildman–Crippen LogP) is -1.08. The smallest absolute Gasteiger partial charge is 0.246 e. The second kappa shape index (κ2) is 5.14. The van der Waals surface area contributed by atoms with E-state index in [1.54, 1.807) is 0 Å². The topological polar surface area (TPSA) is 84.5 Å². The first-order chi connectivity index (χ1) is 8.39. The third-order valence-corrected chi connectivity index (χ3v) is 5.30. The number of carbonyl (C=O) groups excluding carboxylic acids is 1. The highest BCUT2D eigenvalue weighted by Crippen LogP contribution is 2.17. The van der Waals surface area contributed by atoms with Crippen LogP contribution in [0.3, 0.4) is 0 Å². The summed E-state index contributed by atoms with van der Waals surface area (Å²) < 4.78 is 28.0. The van der Waals surface area contributed by atoms with E-state index in [2.05, 4.69) is 10.6 Å². The molecule has 0 aromatic rings. The van der Waals surface area contributed by atoms with Crippen molar-refractivity contribution in [1.29, 1.82) is 0 Å². The average Bonchev–Trinajstić information content (AvgIpc) is 2.61. The number of hydrogen-bond acceptors (Lipinski definition) is 5. The van der Waals surface area contributed by atoms with Crippen LogP contribution in [0.25, 0.3) is 0 Å². The highest BCUT2D eigenvalue weighted by atomic mass is 32.2. The van der Waals surface area contributed by atoms with Gasteiger partial charge in [0, 0.05) is 19.6 Å². The number of rotatable bonds is 5. The maximum atomic E-state index is 11.5. The molecule has 18 heavy (non-hydrogen) atoms. The van der Waals surface area contributed by atoms with Gasteiger partial charge in [0.05, 0.1) is 17.1 Å². The van der Waals surface area contributed by atoms with Gasteiger partial charge in [0.15, 0.2) is 9.84 Å². The Bertz CT molecular complexity index is 417. The molecule has 0 aliphatic carbocycles. The second-order valence-electron chi connectivity index (χ2n) is 5.42. The first-order valence-corrected chi connectivity index (χ1v) is 8.03. The van der Waals surface area contributed by atoms with Crippen LogP contribution in [0.15, 0.2) is 0 Å². The van der Waals surface area contributed by atoms with Gasteiger partial charge in [-0.15, -0.1) is 0 Å². The molecule has 0 aromatic carbocycles. The predicted molar refractivity (Wildman–Crippen MR) is 67.0 cm³/mol. The third-order valence-electron chi connectivity index (χ3n) is 3.46. The molecule has 2 rings (SSSR count). The van der Waals surface area contributed by atoms with Crippen molar-refractivity contribution >= 4 is 15.7 Å². The lowest BCUT2D eigenvalue weighted by Gasteiger charge is -2.38. The highest BCUT2D eigenvalue weighted by Gasteiger charge is 2.33. The molecule has 6 nitrogen and oxygen atoms in total. The van der Waals surface area contributed by atoms with Gasteiger partial charge in [0.25, 0.3) is 0 Å². The fourth-order valence-corrected chi connectivity index (χ4v) is 4.02. The van der Waals surface area contributed by atoms with E-state index < -0.39 is 9.84 Å². The Labute approximate surface area is 107 Å². The molecular weight excluding hydrogens is 256 g/mol. The van der Waals surface area contributed by atoms with Crippen LogP contribution in [0, 0.1) is 5.92 Å². The molecule has 2 aliphatic heterocycles. The number of carbonyl (C=O) groups is 1. The first kappa shape index (κ1) is 13.8. The maximum absolute atomic E-state index is 11.5. The lowest BCUT2D eigenvalue weighted by molar-refractivity contribution is -0.135. The van der Waals surface area contributed by atoms with Crippen molar-refractivity contribution in [3.63, 3.8) is 0 Å². The van der Waals surface area contributed by atoms with E-state index >= 15 is 0 Å². The second-order valence-corrected chi connectivity index (χ2v) is 7.64. The van der Waals surface area contributed by atoms with E-state index in [9.17, 15) is 13.2 Å². The van der Waals surface area contributed by atoms with Crippen LogP contribution >= 0.6 is 0 Å². The van der Waals surface area contributed by atoms with Crippen molar-refractivity contribution < 1.29 is 17.9 Å². The molecule has 7 heteroatoms. The van der Waals surface area contributed by atoms with Crippen LogP contribution in [-0.2, 0) is 19.4 Å². The third kappa shape index (κ3) is 3.66. The van der Waals surface area contributed by atoms with Gasteiger partial charge < -0.3 is 15.4 Å². The van der Waals surface area contributed by atoms with Gasteiger partial charge >= 0.3 is 0 Å². The van der Waals surface area contributed by atoms with Crippen molar-refractivity contribution in [3.05, 3.63) is 0 Å². The Kier molecular flexibility index (Phi) is 3.93. The lowest BCUT2D eigenvalue weighted by atomic mass is 10.0. The normalized spacial score (nSPS) is 28.6. The Hall–Kier alpha value is -0.660. The van der Waals surface area contributed by atoms with E-state index in [0.29, 0.717) is 13.0 Å². The summed E-state index contributed by atoms with van der Waals surface area (Å²) in [6.07, 6.45) is 0.644. The summed E-state index contributed by atoms with van der Waals surface area (Å²) in [6.45, 7) is 3.96. The number of hydrogen-bond donors (Lipinski definition) is 2. The largest absolute Gasteiger partial charge is 0.363 e. The summed E-state index contributed by atoms with van der Waals surface area (Å²) in [5.74, 6) is 0.316.